The highest BCUT2D eigenvalue weighted by Crippen LogP contribution is 2.18. The average Bonchev–Trinajstić information content (AvgIpc) is 2.50. The van der Waals surface area contributed by atoms with Gasteiger partial charge >= 0.3 is 6.09 Å². The van der Waals surface area contributed by atoms with Crippen LogP contribution in [0.15, 0.2) is 22.7 Å². The van der Waals surface area contributed by atoms with Crippen molar-refractivity contribution in [2.24, 2.45) is 5.73 Å². The van der Waals surface area contributed by atoms with Gasteiger partial charge in [-0.05, 0) is 58.2 Å². The van der Waals surface area contributed by atoms with Crippen LogP contribution < -0.4 is 11.1 Å². The largest absolute Gasteiger partial charge is 0.444 e. The quantitative estimate of drug-likeness (QED) is 0.657. The zero-order valence-electron chi connectivity index (χ0n) is 16.1. The number of nitrogens with two attached hydrogens (primary N) is 1. The van der Waals surface area contributed by atoms with Crippen LogP contribution >= 0.6 is 15.9 Å². The third kappa shape index (κ3) is 8.67. The van der Waals surface area contributed by atoms with Crippen LogP contribution in [0.25, 0.3) is 0 Å². The summed E-state index contributed by atoms with van der Waals surface area (Å²) in [5, 5.41) is 2.78. The van der Waals surface area contributed by atoms with Crippen molar-refractivity contribution >= 4 is 27.9 Å². The van der Waals surface area contributed by atoms with Gasteiger partial charge in [0.25, 0.3) is 0 Å². The highest BCUT2D eigenvalue weighted by molar-refractivity contribution is 9.10. The number of benzene rings is 1. The second-order valence-electron chi connectivity index (χ2n) is 7.36. The number of nitrogens with one attached hydrogen (secondary N) is 1. The van der Waals surface area contributed by atoms with Crippen LogP contribution in [-0.2, 0) is 20.9 Å². The van der Waals surface area contributed by atoms with E-state index in [1.807, 2.05) is 32.0 Å². The van der Waals surface area contributed by atoms with E-state index in [2.05, 4.69) is 21.2 Å². The summed E-state index contributed by atoms with van der Waals surface area (Å²) in [6, 6.07) is 5.61. The van der Waals surface area contributed by atoms with Gasteiger partial charge < -0.3 is 20.5 Å². The zero-order valence-corrected chi connectivity index (χ0v) is 17.7. The number of hydrogen-bond donors (Lipinski definition) is 2. The number of aryl methyl sites for hydroxylation is 1. The molecular formula is C19H29BrN2O4. The second-order valence-corrected chi connectivity index (χ2v) is 8.21. The van der Waals surface area contributed by atoms with Crippen LogP contribution in [-0.4, -0.2) is 29.7 Å². The molecule has 0 aliphatic rings. The zero-order chi connectivity index (χ0) is 19.9. The predicted octanol–water partition coefficient (Wildman–Crippen LogP) is 3.82. The Kier molecular flexibility index (Phi) is 8.56. The minimum Gasteiger partial charge on any atom is -0.444 e. The number of carbonyl (C=O) groups is 2. The first-order chi connectivity index (χ1) is 12.0. The first kappa shape index (κ1) is 22.4. The van der Waals surface area contributed by atoms with Gasteiger partial charge in [0.1, 0.15) is 5.60 Å². The lowest BCUT2D eigenvalue weighted by molar-refractivity contribution is -0.118. The standard InChI is InChI=1S/C19H29BrN2O4/c1-12-10-14(6-7-15(12)20)11-25-13(2)16(8-9-17(21)23)22-18(24)26-19(3,4)5/h6-7,10,13,16H,8-9,11H2,1-5H3,(H2,21,23)(H,22,24)/t13-,16+/m1/s1. The number of rotatable bonds is 8. The minimum absolute atomic E-state index is 0.158. The normalized spacial score (nSPS) is 13.8. The van der Waals surface area contributed by atoms with Crippen LogP contribution in [0.3, 0.4) is 0 Å². The van der Waals surface area contributed by atoms with E-state index in [-0.39, 0.29) is 18.6 Å². The molecule has 0 heterocycles. The van der Waals surface area contributed by atoms with Crippen LogP contribution in [0, 0.1) is 6.92 Å². The van der Waals surface area contributed by atoms with E-state index in [1.165, 1.54) is 0 Å². The Balaban J connectivity index is 2.69. The molecule has 7 heteroatoms. The molecule has 0 saturated carbocycles. The summed E-state index contributed by atoms with van der Waals surface area (Å²) in [6.45, 7) is 9.65. The van der Waals surface area contributed by atoms with Crippen LogP contribution in [0.1, 0.15) is 51.7 Å². The molecule has 1 rings (SSSR count). The van der Waals surface area contributed by atoms with E-state index in [0.29, 0.717) is 13.0 Å². The summed E-state index contributed by atoms with van der Waals surface area (Å²) in [6.07, 6.45) is -0.312. The molecule has 1 aromatic carbocycles. The summed E-state index contributed by atoms with van der Waals surface area (Å²) < 4.78 is 12.2. The molecule has 2 atom stereocenters. The lowest BCUT2D eigenvalue weighted by Crippen LogP contribution is -2.45. The Morgan fingerprint density at radius 1 is 1.31 bits per heavy atom. The average molecular weight is 429 g/mol. The second kappa shape index (κ2) is 9.92. The van der Waals surface area contributed by atoms with Gasteiger partial charge in [-0.15, -0.1) is 0 Å². The number of carbonyl (C=O) groups excluding carboxylic acids is 2. The van der Waals surface area contributed by atoms with Crippen LogP contribution in [0.5, 0.6) is 0 Å². The smallest absolute Gasteiger partial charge is 0.407 e. The fourth-order valence-corrected chi connectivity index (χ4v) is 2.57. The van der Waals surface area contributed by atoms with Crippen molar-refractivity contribution in [1.82, 2.24) is 5.32 Å². The minimum atomic E-state index is -0.600. The van der Waals surface area contributed by atoms with Gasteiger partial charge in [0.15, 0.2) is 0 Å². The highest BCUT2D eigenvalue weighted by Gasteiger charge is 2.24. The van der Waals surface area contributed by atoms with Crippen molar-refractivity contribution < 1.29 is 19.1 Å². The lowest BCUT2D eigenvalue weighted by Gasteiger charge is -2.27. The van der Waals surface area contributed by atoms with E-state index in [0.717, 1.165) is 15.6 Å². The first-order valence-corrected chi connectivity index (χ1v) is 9.41. The summed E-state index contributed by atoms with van der Waals surface area (Å²) in [5.74, 6) is -0.420. The molecule has 0 spiro atoms. The molecule has 0 saturated heterocycles. The summed E-state index contributed by atoms with van der Waals surface area (Å²) >= 11 is 3.47. The number of primary amides is 1. The number of ether oxygens (including phenoxy) is 2. The van der Waals surface area contributed by atoms with Crippen molar-refractivity contribution in [2.75, 3.05) is 0 Å². The van der Waals surface area contributed by atoms with E-state index in [4.69, 9.17) is 15.2 Å². The molecule has 1 aromatic rings. The number of halogens is 1. The Hall–Kier alpha value is -1.60. The monoisotopic (exact) mass is 428 g/mol. The van der Waals surface area contributed by atoms with Gasteiger partial charge in [0.2, 0.25) is 5.91 Å². The third-order valence-electron chi connectivity index (χ3n) is 3.71. The van der Waals surface area contributed by atoms with Crippen molar-refractivity contribution in [2.45, 2.75) is 71.8 Å². The van der Waals surface area contributed by atoms with Gasteiger partial charge in [-0.25, -0.2) is 4.79 Å². The predicted molar refractivity (Wildman–Crippen MR) is 105 cm³/mol. The fraction of sp³-hybridized carbons (Fsp3) is 0.579. The molecule has 0 fully saturated rings. The van der Waals surface area contributed by atoms with Crippen LogP contribution in [0.2, 0.25) is 0 Å². The molecule has 6 nitrogen and oxygen atoms in total. The molecule has 146 valence electrons. The van der Waals surface area contributed by atoms with Gasteiger partial charge in [0, 0.05) is 10.9 Å². The summed E-state index contributed by atoms with van der Waals surface area (Å²) in [5.41, 5.74) is 6.79. The molecule has 0 radical (unpaired) electrons. The SMILES string of the molecule is Cc1cc(CO[C@H](C)[C@H](CCC(N)=O)NC(=O)OC(C)(C)C)ccc1Br. The maximum Gasteiger partial charge on any atom is 0.407 e. The topological polar surface area (TPSA) is 90.6 Å². The summed E-state index contributed by atoms with van der Waals surface area (Å²) in [7, 11) is 0. The van der Waals surface area contributed by atoms with E-state index >= 15 is 0 Å². The maximum absolute atomic E-state index is 12.1. The first-order valence-electron chi connectivity index (χ1n) is 8.62. The molecule has 0 bridgehead atoms. The molecule has 0 unspecified atom stereocenters. The molecule has 2 amide bonds. The van der Waals surface area contributed by atoms with E-state index < -0.39 is 17.6 Å². The Morgan fingerprint density at radius 2 is 1.96 bits per heavy atom. The van der Waals surface area contributed by atoms with Crippen molar-refractivity contribution in [3.05, 3.63) is 33.8 Å². The number of hydrogen-bond acceptors (Lipinski definition) is 4. The Morgan fingerprint density at radius 3 is 2.50 bits per heavy atom. The van der Waals surface area contributed by atoms with Crippen molar-refractivity contribution in [1.29, 1.82) is 0 Å². The summed E-state index contributed by atoms with van der Waals surface area (Å²) in [4.78, 5) is 23.2. The number of alkyl carbamates (subject to hydrolysis) is 1. The number of amides is 2. The van der Waals surface area contributed by atoms with E-state index in [9.17, 15) is 9.59 Å². The molecular weight excluding hydrogens is 400 g/mol. The van der Waals surface area contributed by atoms with E-state index in [1.54, 1.807) is 20.8 Å². The van der Waals surface area contributed by atoms with Gasteiger partial charge in [-0.3, -0.25) is 4.79 Å². The fourth-order valence-electron chi connectivity index (χ4n) is 2.32. The Labute approximate surface area is 163 Å². The van der Waals surface area contributed by atoms with Gasteiger partial charge in [0.05, 0.1) is 18.8 Å². The van der Waals surface area contributed by atoms with Crippen molar-refractivity contribution in [3.63, 3.8) is 0 Å². The van der Waals surface area contributed by atoms with Gasteiger partial charge in [-0.2, -0.15) is 0 Å². The third-order valence-corrected chi connectivity index (χ3v) is 4.60. The van der Waals surface area contributed by atoms with Gasteiger partial charge in [-0.1, -0.05) is 28.1 Å². The Bertz CT molecular complexity index is 628. The molecule has 0 aromatic heterocycles. The molecule has 26 heavy (non-hydrogen) atoms. The molecule has 0 aliphatic heterocycles. The highest BCUT2D eigenvalue weighted by atomic mass is 79.9. The lowest BCUT2D eigenvalue weighted by atomic mass is 10.1. The van der Waals surface area contributed by atoms with Crippen LogP contribution in [0.4, 0.5) is 4.79 Å². The van der Waals surface area contributed by atoms with Crippen molar-refractivity contribution in [3.8, 4) is 0 Å². The molecule has 3 N–H and O–H groups in total. The maximum atomic E-state index is 12.1. The molecule has 0 aliphatic carbocycles.